The summed E-state index contributed by atoms with van der Waals surface area (Å²) in [7, 11) is 0. The van der Waals surface area contributed by atoms with Gasteiger partial charge in [0.05, 0.1) is 24.3 Å². The second-order valence-electron chi connectivity index (χ2n) is 5.03. The van der Waals surface area contributed by atoms with Crippen molar-refractivity contribution in [2.45, 2.75) is 39.7 Å². The fourth-order valence-electron chi connectivity index (χ4n) is 2.22. The lowest BCUT2D eigenvalue weighted by Crippen LogP contribution is -2.37. The Balaban J connectivity index is 2.22. The van der Waals surface area contributed by atoms with E-state index in [4.69, 9.17) is 4.74 Å². The Kier molecular flexibility index (Phi) is 3.59. The number of carbonyl (C=O) groups is 1. The molecule has 2 atom stereocenters. The van der Waals surface area contributed by atoms with Crippen LogP contribution in [-0.2, 0) is 9.53 Å². The van der Waals surface area contributed by atoms with Gasteiger partial charge in [-0.15, -0.1) is 0 Å². The Hall–Kier alpha value is -1.52. The van der Waals surface area contributed by atoms with E-state index in [2.05, 4.69) is 30.3 Å². The molecular formula is C13H21N3O2. The van der Waals surface area contributed by atoms with Crippen molar-refractivity contribution in [3.05, 3.63) is 11.8 Å². The van der Waals surface area contributed by atoms with E-state index in [0.717, 1.165) is 11.5 Å². The minimum absolute atomic E-state index is 0.0350. The predicted molar refractivity (Wildman–Crippen MR) is 69.6 cm³/mol. The highest BCUT2D eigenvalue weighted by atomic mass is 16.5. The number of nitrogens with one attached hydrogen (secondary N) is 1. The van der Waals surface area contributed by atoms with Crippen LogP contribution in [0, 0.1) is 5.92 Å². The Morgan fingerprint density at radius 1 is 1.67 bits per heavy atom. The van der Waals surface area contributed by atoms with E-state index in [-0.39, 0.29) is 17.9 Å². The van der Waals surface area contributed by atoms with Gasteiger partial charge in [0.15, 0.2) is 0 Å². The zero-order valence-electron chi connectivity index (χ0n) is 11.4. The van der Waals surface area contributed by atoms with Gasteiger partial charge in [-0.1, -0.05) is 13.8 Å². The maximum Gasteiger partial charge on any atom is 0.312 e. The van der Waals surface area contributed by atoms with Gasteiger partial charge in [0, 0.05) is 12.6 Å². The Morgan fingerprint density at radius 3 is 3.00 bits per heavy atom. The second kappa shape index (κ2) is 5.00. The lowest BCUT2D eigenvalue weighted by molar-refractivity contribution is -0.149. The van der Waals surface area contributed by atoms with E-state index < -0.39 is 0 Å². The molecule has 18 heavy (non-hydrogen) atoms. The van der Waals surface area contributed by atoms with E-state index in [1.54, 1.807) is 0 Å². The van der Waals surface area contributed by atoms with Crippen LogP contribution in [0.2, 0.25) is 0 Å². The number of hydrogen-bond donors (Lipinski definition) is 1. The predicted octanol–water partition coefficient (Wildman–Crippen LogP) is 2.17. The highest BCUT2D eigenvalue weighted by molar-refractivity contribution is 5.74. The van der Waals surface area contributed by atoms with Gasteiger partial charge in [0.25, 0.3) is 0 Å². The maximum atomic E-state index is 11.9. The summed E-state index contributed by atoms with van der Waals surface area (Å²) in [5.74, 6) is 1.06. The number of carbonyl (C=O) groups excluding carboxylic acids is 1. The van der Waals surface area contributed by atoms with Gasteiger partial charge in [-0.3, -0.25) is 4.79 Å². The molecule has 1 N–H and O–H groups in total. The van der Waals surface area contributed by atoms with E-state index in [9.17, 15) is 4.79 Å². The van der Waals surface area contributed by atoms with Crippen molar-refractivity contribution in [3.8, 4) is 0 Å². The maximum absolute atomic E-state index is 11.9. The molecule has 1 aliphatic rings. The van der Waals surface area contributed by atoms with Crippen LogP contribution < -0.4 is 5.32 Å². The summed E-state index contributed by atoms with van der Waals surface area (Å²) in [6.07, 6.45) is 0. The van der Waals surface area contributed by atoms with Gasteiger partial charge in [0.1, 0.15) is 5.82 Å². The van der Waals surface area contributed by atoms with Gasteiger partial charge in [-0.25, -0.2) is 4.68 Å². The molecule has 2 heterocycles. The minimum atomic E-state index is -0.169. The molecule has 1 aromatic rings. The highest BCUT2D eigenvalue weighted by Crippen LogP contribution is 2.30. The first kappa shape index (κ1) is 12.9. The third-order valence-corrected chi connectivity index (χ3v) is 3.41. The normalized spacial score (nSPS) is 22.5. The second-order valence-corrected chi connectivity index (χ2v) is 5.03. The first-order valence-electron chi connectivity index (χ1n) is 6.54. The molecule has 5 nitrogen and oxygen atoms in total. The summed E-state index contributed by atoms with van der Waals surface area (Å²) in [6, 6.07) is 2.09. The quantitative estimate of drug-likeness (QED) is 0.836. The lowest BCUT2D eigenvalue weighted by atomic mass is 10.00. The van der Waals surface area contributed by atoms with Crippen LogP contribution >= 0.6 is 0 Å². The molecule has 2 rings (SSSR count). The monoisotopic (exact) mass is 251 g/mol. The van der Waals surface area contributed by atoms with E-state index >= 15 is 0 Å². The van der Waals surface area contributed by atoms with Crippen LogP contribution in [-0.4, -0.2) is 28.9 Å². The van der Waals surface area contributed by atoms with Crippen molar-refractivity contribution in [1.82, 2.24) is 9.78 Å². The molecule has 0 spiro atoms. The first-order valence-corrected chi connectivity index (χ1v) is 6.54. The number of fused-ring (bicyclic) bond motifs is 1. The topological polar surface area (TPSA) is 56.1 Å². The van der Waals surface area contributed by atoms with Gasteiger partial charge in [0.2, 0.25) is 0 Å². The van der Waals surface area contributed by atoms with Crippen molar-refractivity contribution >= 4 is 11.8 Å². The van der Waals surface area contributed by atoms with Gasteiger partial charge >= 0.3 is 5.97 Å². The molecular weight excluding hydrogens is 230 g/mol. The van der Waals surface area contributed by atoms with Crippen LogP contribution in [0.4, 0.5) is 5.82 Å². The Labute approximate surface area is 108 Å². The summed E-state index contributed by atoms with van der Waals surface area (Å²) in [5.41, 5.74) is 1.05. The summed E-state index contributed by atoms with van der Waals surface area (Å²) in [4.78, 5) is 11.9. The number of aromatic nitrogens is 2. The zero-order chi connectivity index (χ0) is 13.3. The van der Waals surface area contributed by atoms with Gasteiger partial charge in [-0.2, -0.15) is 5.10 Å². The van der Waals surface area contributed by atoms with Crippen LogP contribution in [0.25, 0.3) is 0 Å². The van der Waals surface area contributed by atoms with Gasteiger partial charge < -0.3 is 10.1 Å². The molecule has 1 aromatic heterocycles. The fourth-order valence-corrected chi connectivity index (χ4v) is 2.22. The number of anilines is 1. The van der Waals surface area contributed by atoms with Gasteiger partial charge in [-0.05, 0) is 19.8 Å². The van der Waals surface area contributed by atoms with E-state index in [1.165, 1.54) is 0 Å². The van der Waals surface area contributed by atoms with E-state index in [0.29, 0.717) is 19.1 Å². The first-order chi connectivity index (χ1) is 8.54. The van der Waals surface area contributed by atoms with Crippen molar-refractivity contribution in [2.24, 2.45) is 5.92 Å². The summed E-state index contributed by atoms with van der Waals surface area (Å²) in [6.45, 7) is 9.11. The molecule has 5 heteroatoms. The smallest absolute Gasteiger partial charge is 0.312 e. The molecule has 1 aliphatic heterocycles. The summed E-state index contributed by atoms with van der Waals surface area (Å²) >= 11 is 0. The fraction of sp³-hybridized carbons (Fsp3) is 0.692. The average molecular weight is 251 g/mol. The SMILES string of the molecule is CCOC(=O)C1CNc2cc(C(C)C)nn2C1C. The lowest BCUT2D eigenvalue weighted by Gasteiger charge is -2.29. The number of nitrogens with zero attached hydrogens (tertiary/aromatic N) is 2. The molecule has 0 saturated heterocycles. The van der Waals surface area contributed by atoms with Crippen LogP contribution in [0.3, 0.4) is 0 Å². The van der Waals surface area contributed by atoms with E-state index in [1.807, 2.05) is 18.5 Å². The summed E-state index contributed by atoms with van der Waals surface area (Å²) in [5, 5.41) is 7.83. The molecule has 0 amide bonds. The molecule has 0 aromatic carbocycles. The molecule has 0 radical (unpaired) electrons. The third-order valence-electron chi connectivity index (χ3n) is 3.41. The number of hydrogen-bond acceptors (Lipinski definition) is 4. The van der Waals surface area contributed by atoms with Crippen molar-refractivity contribution in [3.63, 3.8) is 0 Å². The highest BCUT2D eigenvalue weighted by Gasteiger charge is 2.33. The van der Waals surface area contributed by atoms with Crippen molar-refractivity contribution < 1.29 is 9.53 Å². The van der Waals surface area contributed by atoms with Crippen molar-refractivity contribution in [2.75, 3.05) is 18.5 Å². The van der Waals surface area contributed by atoms with Crippen molar-refractivity contribution in [1.29, 1.82) is 0 Å². The molecule has 0 fully saturated rings. The molecule has 100 valence electrons. The van der Waals surface area contributed by atoms with Crippen LogP contribution in [0.5, 0.6) is 0 Å². The molecule has 0 saturated carbocycles. The molecule has 0 bridgehead atoms. The van der Waals surface area contributed by atoms with Crippen LogP contribution in [0.1, 0.15) is 45.3 Å². The minimum Gasteiger partial charge on any atom is -0.466 e. The number of rotatable bonds is 3. The largest absolute Gasteiger partial charge is 0.466 e. The Bertz CT molecular complexity index is 439. The number of ether oxygens (including phenoxy) is 1. The molecule has 0 aliphatic carbocycles. The average Bonchev–Trinajstić information content (AvgIpc) is 2.74. The van der Waals surface area contributed by atoms with Crippen LogP contribution in [0.15, 0.2) is 6.07 Å². The summed E-state index contributed by atoms with van der Waals surface area (Å²) < 4.78 is 7.00. The Morgan fingerprint density at radius 2 is 2.39 bits per heavy atom. The number of esters is 1. The standard InChI is InChI=1S/C13H21N3O2/c1-5-18-13(17)10-7-14-12-6-11(8(2)3)15-16(12)9(10)4/h6,8-10,14H,5,7H2,1-4H3. The molecule has 2 unspecified atom stereocenters. The zero-order valence-corrected chi connectivity index (χ0v) is 11.4. The third kappa shape index (κ3) is 2.21.